The summed E-state index contributed by atoms with van der Waals surface area (Å²) in [5, 5.41) is 4.68. The van der Waals surface area contributed by atoms with Gasteiger partial charge in [0.05, 0.1) is 11.6 Å². The Morgan fingerprint density at radius 3 is 3.10 bits per heavy atom. The van der Waals surface area contributed by atoms with Crippen molar-refractivity contribution in [2.45, 2.75) is 45.2 Å². The van der Waals surface area contributed by atoms with Crippen LogP contribution in [0.15, 0.2) is 30.5 Å². The molecule has 1 fully saturated rings. The van der Waals surface area contributed by atoms with E-state index in [4.69, 9.17) is 4.74 Å². The Kier molecular flexibility index (Phi) is 4.88. The number of nitrogens with zero attached hydrogens (tertiary/aromatic N) is 1. The van der Waals surface area contributed by atoms with Gasteiger partial charge < -0.3 is 10.1 Å². The Labute approximate surface area is 130 Å². The molecular formula is C17H22N2OS. The van der Waals surface area contributed by atoms with Crippen LogP contribution in [0, 0.1) is 0 Å². The topological polar surface area (TPSA) is 34.1 Å². The van der Waals surface area contributed by atoms with Crippen molar-refractivity contribution >= 4 is 11.3 Å². The number of rotatable bonds is 8. The fourth-order valence-electron chi connectivity index (χ4n) is 2.19. The second-order valence-corrected chi connectivity index (χ2v) is 6.67. The van der Waals surface area contributed by atoms with Gasteiger partial charge in [0.1, 0.15) is 5.75 Å². The van der Waals surface area contributed by atoms with E-state index >= 15 is 0 Å². The van der Waals surface area contributed by atoms with Crippen LogP contribution < -0.4 is 10.1 Å². The monoisotopic (exact) mass is 302 g/mol. The third kappa shape index (κ3) is 4.55. The van der Waals surface area contributed by atoms with Gasteiger partial charge in [-0.2, -0.15) is 0 Å². The highest BCUT2D eigenvalue weighted by molar-refractivity contribution is 7.11. The Balaban J connectivity index is 1.43. The number of benzene rings is 1. The molecule has 1 aromatic heterocycles. The SMILES string of the molecule is CCc1cccc(OCCc2ncc(CNC3CC3)s2)c1. The maximum atomic E-state index is 5.82. The molecule has 0 spiro atoms. The minimum atomic E-state index is 0.691. The molecule has 4 heteroatoms. The van der Waals surface area contributed by atoms with Gasteiger partial charge in [-0.05, 0) is 37.0 Å². The smallest absolute Gasteiger partial charge is 0.119 e. The molecule has 3 rings (SSSR count). The van der Waals surface area contributed by atoms with E-state index in [0.29, 0.717) is 6.61 Å². The molecule has 0 saturated heterocycles. The Bertz CT molecular complexity index is 578. The highest BCUT2D eigenvalue weighted by Gasteiger charge is 2.20. The van der Waals surface area contributed by atoms with Gasteiger partial charge in [-0.25, -0.2) is 4.98 Å². The minimum absolute atomic E-state index is 0.691. The van der Waals surface area contributed by atoms with Gasteiger partial charge >= 0.3 is 0 Å². The summed E-state index contributed by atoms with van der Waals surface area (Å²) in [6.07, 6.45) is 6.57. The number of aromatic nitrogens is 1. The molecule has 0 bridgehead atoms. The van der Waals surface area contributed by atoms with Crippen LogP contribution in [0.25, 0.3) is 0 Å². The van der Waals surface area contributed by atoms with Gasteiger partial charge in [0.25, 0.3) is 0 Å². The molecule has 0 radical (unpaired) electrons. The third-order valence-corrected chi connectivity index (χ3v) is 4.69. The molecule has 1 saturated carbocycles. The van der Waals surface area contributed by atoms with E-state index in [1.54, 1.807) is 11.3 Å². The highest BCUT2D eigenvalue weighted by Crippen LogP contribution is 2.21. The molecule has 21 heavy (non-hydrogen) atoms. The molecule has 1 N–H and O–H groups in total. The van der Waals surface area contributed by atoms with E-state index in [1.807, 2.05) is 12.3 Å². The van der Waals surface area contributed by atoms with Crippen molar-refractivity contribution in [3.05, 3.63) is 45.9 Å². The first-order valence-electron chi connectivity index (χ1n) is 7.72. The first kappa shape index (κ1) is 14.5. The molecule has 0 aliphatic heterocycles. The second-order valence-electron chi connectivity index (χ2n) is 5.47. The summed E-state index contributed by atoms with van der Waals surface area (Å²) < 4.78 is 5.82. The molecule has 112 valence electrons. The lowest BCUT2D eigenvalue weighted by molar-refractivity contribution is 0.321. The van der Waals surface area contributed by atoms with Crippen molar-refractivity contribution in [3.63, 3.8) is 0 Å². The van der Waals surface area contributed by atoms with Gasteiger partial charge in [0, 0.05) is 30.1 Å². The van der Waals surface area contributed by atoms with E-state index < -0.39 is 0 Å². The van der Waals surface area contributed by atoms with Gasteiger partial charge in [-0.15, -0.1) is 11.3 Å². The lowest BCUT2D eigenvalue weighted by atomic mass is 10.2. The number of thiazole rings is 1. The van der Waals surface area contributed by atoms with E-state index in [9.17, 15) is 0 Å². The first-order chi connectivity index (χ1) is 10.3. The van der Waals surface area contributed by atoms with Crippen LogP contribution in [-0.4, -0.2) is 17.6 Å². The largest absolute Gasteiger partial charge is 0.493 e. The maximum Gasteiger partial charge on any atom is 0.119 e. The predicted molar refractivity (Wildman–Crippen MR) is 87.0 cm³/mol. The molecule has 1 aromatic carbocycles. The van der Waals surface area contributed by atoms with Crippen LogP contribution >= 0.6 is 11.3 Å². The van der Waals surface area contributed by atoms with E-state index in [-0.39, 0.29) is 0 Å². The number of aryl methyl sites for hydroxylation is 1. The van der Waals surface area contributed by atoms with Crippen LogP contribution in [-0.2, 0) is 19.4 Å². The zero-order chi connectivity index (χ0) is 14.5. The Morgan fingerprint density at radius 1 is 1.38 bits per heavy atom. The molecule has 0 atom stereocenters. The quantitative estimate of drug-likeness (QED) is 0.809. The summed E-state index contributed by atoms with van der Waals surface area (Å²) in [6.45, 7) is 3.81. The van der Waals surface area contributed by atoms with Crippen molar-refractivity contribution in [2.75, 3.05) is 6.61 Å². The minimum Gasteiger partial charge on any atom is -0.493 e. The lowest BCUT2D eigenvalue weighted by Crippen LogP contribution is -2.14. The molecule has 0 amide bonds. The molecule has 1 aliphatic rings. The second kappa shape index (κ2) is 7.05. The van der Waals surface area contributed by atoms with E-state index in [1.165, 1.54) is 23.3 Å². The number of hydrogen-bond donors (Lipinski definition) is 1. The first-order valence-corrected chi connectivity index (χ1v) is 8.54. The summed E-state index contributed by atoms with van der Waals surface area (Å²) in [7, 11) is 0. The van der Waals surface area contributed by atoms with Crippen molar-refractivity contribution < 1.29 is 4.74 Å². The van der Waals surface area contributed by atoms with E-state index in [0.717, 1.165) is 36.2 Å². The third-order valence-electron chi connectivity index (χ3n) is 3.64. The normalized spacial score (nSPS) is 14.3. The van der Waals surface area contributed by atoms with E-state index in [2.05, 4.69) is 35.4 Å². The highest BCUT2D eigenvalue weighted by atomic mass is 32.1. The van der Waals surface area contributed by atoms with Crippen LogP contribution in [0.4, 0.5) is 0 Å². The summed E-state index contributed by atoms with van der Waals surface area (Å²) >= 11 is 1.79. The maximum absolute atomic E-state index is 5.82. The number of ether oxygens (including phenoxy) is 1. The summed E-state index contributed by atoms with van der Waals surface area (Å²) in [5.41, 5.74) is 1.31. The average Bonchev–Trinajstić information content (AvgIpc) is 3.24. The molecule has 1 heterocycles. The molecule has 3 nitrogen and oxygen atoms in total. The van der Waals surface area contributed by atoms with Crippen molar-refractivity contribution in [2.24, 2.45) is 0 Å². The lowest BCUT2D eigenvalue weighted by Gasteiger charge is -2.06. The molecule has 0 unspecified atom stereocenters. The summed E-state index contributed by atoms with van der Waals surface area (Å²) in [5.74, 6) is 0.960. The summed E-state index contributed by atoms with van der Waals surface area (Å²) in [6, 6.07) is 9.08. The summed E-state index contributed by atoms with van der Waals surface area (Å²) in [4.78, 5) is 5.80. The Hall–Kier alpha value is -1.39. The number of hydrogen-bond acceptors (Lipinski definition) is 4. The van der Waals surface area contributed by atoms with Gasteiger partial charge in [-0.1, -0.05) is 19.1 Å². The van der Waals surface area contributed by atoms with Crippen LogP contribution in [0.3, 0.4) is 0 Å². The van der Waals surface area contributed by atoms with Crippen molar-refractivity contribution in [3.8, 4) is 5.75 Å². The zero-order valence-electron chi connectivity index (χ0n) is 12.5. The Morgan fingerprint density at radius 2 is 2.29 bits per heavy atom. The van der Waals surface area contributed by atoms with Crippen LogP contribution in [0.2, 0.25) is 0 Å². The average molecular weight is 302 g/mol. The molecule has 2 aromatic rings. The fraction of sp³-hybridized carbons (Fsp3) is 0.471. The zero-order valence-corrected chi connectivity index (χ0v) is 13.3. The standard InChI is InChI=1S/C17H22N2OS/c1-2-13-4-3-5-15(10-13)20-9-8-17-19-12-16(21-17)11-18-14-6-7-14/h3-5,10,12,14,18H,2,6-9,11H2,1H3. The predicted octanol–water partition coefficient (Wildman–Crippen LogP) is 3.58. The fourth-order valence-corrected chi connectivity index (χ4v) is 3.04. The number of nitrogens with one attached hydrogen (secondary N) is 1. The van der Waals surface area contributed by atoms with Crippen LogP contribution in [0.1, 0.15) is 35.2 Å². The van der Waals surface area contributed by atoms with Crippen molar-refractivity contribution in [1.82, 2.24) is 10.3 Å². The van der Waals surface area contributed by atoms with Gasteiger partial charge in [0.15, 0.2) is 0 Å². The molecular weight excluding hydrogens is 280 g/mol. The van der Waals surface area contributed by atoms with Crippen molar-refractivity contribution in [1.29, 1.82) is 0 Å². The van der Waals surface area contributed by atoms with Gasteiger partial charge in [0.2, 0.25) is 0 Å². The van der Waals surface area contributed by atoms with Crippen LogP contribution in [0.5, 0.6) is 5.75 Å². The molecule has 1 aliphatic carbocycles. The van der Waals surface area contributed by atoms with Gasteiger partial charge in [-0.3, -0.25) is 0 Å².